The zero-order valence-corrected chi connectivity index (χ0v) is 6.67. The van der Waals surface area contributed by atoms with E-state index >= 15 is 0 Å². The van der Waals surface area contributed by atoms with Gasteiger partial charge < -0.3 is 0 Å². The molecule has 0 radical (unpaired) electrons. The molecule has 60 valence electrons. The average molecular weight is 213 g/mol. The molecule has 0 bridgehead atoms. The molecule has 0 nitrogen and oxygen atoms in total. The van der Waals surface area contributed by atoms with E-state index in [1.165, 1.54) is 0 Å². The standard InChI is InChI=1S/C3HClF4S2/c4-3(8)9-2(7,10-3)1(5)6/h1H. The van der Waals surface area contributed by atoms with Gasteiger partial charge >= 0.3 is 0 Å². The Bertz CT molecular complexity index is 141. The molecule has 0 atom stereocenters. The molecule has 0 amide bonds. The second-order valence-corrected chi connectivity index (χ2v) is 5.76. The van der Waals surface area contributed by atoms with Gasteiger partial charge in [0.15, 0.2) is 0 Å². The summed E-state index contributed by atoms with van der Waals surface area (Å²) < 4.78 is 42.4. The van der Waals surface area contributed by atoms with Crippen LogP contribution in [-0.2, 0) is 0 Å². The lowest BCUT2D eigenvalue weighted by molar-refractivity contribution is 0.0727. The summed E-state index contributed by atoms with van der Waals surface area (Å²) >= 11 is 4.39. The highest BCUT2D eigenvalue weighted by Crippen LogP contribution is 2.70. The maximum absolute atomic E-state index is 12.4. The van der Waals surface area contributed by atoms with Crippen molar-refractivity contribution in [2.45, 2.75) is 14.6 Å². The first-order valence-corrected chi connectivity index (χ1v) is 4.12. The van der Waals surface area contributed by atoms with Gasteiger partial charge in [-0.2, -0.15) is 0 Å². The van der Waals surface area contributed by atoms with E-state index in [0.29, 0.717) is 0 Å². The van der Waals surface area contributed by atoms with Crippen LogP contribution in [0.3, 0.4) is 0 Å². The lowest BCUT2D eigenvalue weighted by atomic mass is 10.8. The topological polar surface area (TPSA) is 0 Å². The monoisotopic (exact) mass is 212 g/mol. The fraction of sp³-hybridized carbons (Fsp3) is 1.00. The minimum absolute atomic E-state index is 0.214. The van der Waals surface area contributed by atoms with Crippen LogP contribution in [0.4, 0.5) is 17.6 Å². The van der Waals surface area contributed by atoms with Crippen molar-refractivity contribution in [3.63, 3.8) is 0 Å². The predicted octanol–water partition coefficient (Wildman–Crippen LogP) is 3.17. The van der Waals surface area contributed by atoms with Crippen molar-refractivity contribution in [2.24, 2.45) is 0 Å². The van der Waals surface area contributed by atoms with Gasteiger partial charge in [0, 0.05) is 0 Å². The first-order valence-electron chi connectivity index (χ1n) is 2.11. The van der Waals surface area contributed by atoms with Crippen LogP contribution in [-0.4, -0.2) is 14.6 Å². The third-order valence-corrected chi connectivity index (χ3v) is 3.63. The highest BCUT2D eigenvalue weighted by Gasteiger charge is 2.63. The molecule has 1 saturated heterocycles. The Morgan fingerprint density at radius 3 is 1.70 bits per heavy atom. The van der Waals surface area contributed by atoms with Crippen molar-refractivity contribution in [3.8, 4) is 0 Å². The van der Waals surface area contributed by atoms with Crippen molar-refractivity contribution in [2.75, 3.05) is 0 Å². The average Bonchev–Trinajstić information content (AvgIpc) is 1.59. The normalized spacial score (nSPS) is 47.4. The molecule has 0 aliphatic carbocycles. The fourth-order valence-corrected chi connectivity index (χ4v) is 3.38. The van der Waals surface area contributed by atoms with Crippen LogP contribution in [0.5, 0.6) is 0 Å². The molecule has 7 heteroatoms. The molecule has 10 heavy (non-hydrogen) atoms. The summed E-state index contributed by atoms with van der Waals surface area (Å²) in [7, 11) is 0. The molecule has 0 aromatic rings. The summed E-state index contributed by atoms with van der Waals surface area (Å²) in [5.41, 5.74) is 0. The summed E-state index contributed by atoms with van der Waals surface area (Å²) in [6.07, 6.45) is -3.20. The molecular weight excluding hydrogens is 212 g/mol. The molecule has 1 rings (SSSR count). The second-order valence-electron chi connectivity index (χ2n) is 1.55. The van der Waals surface area contributed by atoms with Gasteiger partial charge in [0.1, 0.15) is 0 Å². The number of halogens is 5. The predicted molar refractivity (Wildman–Crippen MR) is 34.7 cm³/mol. The van der Waals surface area contributed by atoms with Crippen LogP contribution >= 0.6 is 35.1 Å². The molecule has 1 fully saturated rings. The highest BCUT2D eigenvalue weighted by atomic mass is 35.5. The van der Waals surface area contributed by atoms with E-state index in [1.807, 2.05) is 0 Å². The van der Waals surface area contributed by atoms with E-state index in [0.717, 1.165) is 0 Å². The molecule has 1 aliphatic heterocycles. The summed E-state index contributed by atoms with van der Waals surface area (Å²) in [5.74, 6) is 0. The Hall–Kier alpha value is 0.710. The smallest absolute Gasteiger partial charge is 0.213 e. The van der Waals surface area contributed by atoms with Gasteiger partial charge in [0.2, 0.25) is 0 Å². The molecule has 0 unspecified atom stereocenters. The third-order valence-electron chi connectivity index (χ3n) is 0.777. The Kier molecular flexibility index (Phi) is 2.07. The van der Waals surface area contributed by atoms with E-state index in [4.69, 9.17) is 11.6 Å². The Labute approximate surface area is 67.7 Å². The summed E-state index contributed by atoms with van der Waals surface area (Å²) in [4.78, 5) is 0. The van der Waals surface area contributed by atoms with Crippen LogP contribution in [0.2, 0.25) is 0 Å². The lowest BCUT2D eigenvalue weighted by Gasteiger charge is -2.38. The van der Waals surface area contributed by atoms with Gasteiger partial charge in [0.25, 0.3) is 14.6 Å². The summed E-state index contributed by atoms with van der Waals surface area (Å²) in [6, 6.07) is 0. The van der Waals surface area contributed by atoms with E-state index in [9.17, 15) is 17.6 Å². The van der Waals surface area contributed by atoms with Gasteiger partial charge in [-0.25, -0.2) is 17.6 Å². The number of hydrogen-bond donors (Lipinski definition) is 0. The molecule has 0 saturated carbocycles. The largest absolute Gasteiger partial charge is 0.291 e. The van der Waals surface area contributed by atoms with Crippen molar-refractivity contribution < 1.29 is 17.6 Å². The molecule has 0 aromatic heterocycles. The molecule has 0 aromatic carbocycles. The van der Waals surface area contributed by atoms with Crippen LogP contribution in [0.1, 0.15) is 0 Å². The summed E-state index contributed by atoms with van der Waals surface area (Å²) in [6.45, 7) is 0. The van der Waals surface area contributed by atoms with Gasteiger partial charge in [-0.1, -0.05) is 11.6 Å². The van der Waals surface area contributed by atoms with Crippen molar-refractivity contribution in [3.05, 3.63) is 0 Å². The molecule has 0 N–H and O–H groups in total. The van der Waals surface area contributed by atoms with Gasteiger partial charge in [-0.3, -0.25) is 0 Å². The van der Waals surface area contributed by atoms with Crippen molar-refractivity contribution in [1.29, 1.82) is 0 Å². The zero-order valence-electron chi connectivity index (χ0n) is 4.28. The van der Waals surface area contributed by atoms with E-state index in [1.54, 1.807) is 0 Å². The number of hydrogen-bond acceptors (Lipinski definition) is 2. The van der Waals surface area contributed by atoms with Gasteiger partial charge in [-0.15, -0.1) is 0 Å². The number of rotatable bonds is 1. The maximum atomic E-state index is 12.4. The van der Waals surface area contributed by atoms with Crippen LogP contribution in [0, 0.1) is 0 Å². The van der Waals surface area contributed by atoms with Crippen LogP contribution in [0.25, 0.3) is 0 Å². The zero-order chi connectivity index (χ0) is 7.99. The minimum Gasteiger partial charge on any atom is -0.213 e. The van der Waals surface area contributed by atoms with E-state index in [2.05, 4.69) is 0 Å². The molecule has 1 heterocycles. The lowest BCUT2D eigenvalue weighted by Crippen LogP contribution is -2.39. The van der Waals surface area contributed by atoms with Gasteiger partial charge in [0.05, 0.1) is 0 Å². The quantitative estimate of drug-likeness (QED) is 0.484. The Morgan fingerprint density at radius 2 is 1.60 bits per heavy atom. The Balaban J connectivity index is 2.50. The summed E-state index contributed by atoms with van der Waals surface area (Å²) in [5, 5.41) is 0. The van der Waals surface area contributed by atoms with E-state index < -0.39 is 14.6 Å². The minimum atomic E-state index is -3.20. The molecule has 0 spiro atoms. The number of alkyl halides is 5. The maximum Gasteiger partial charge on any atom is 0.291 e. The van der Waals surface area contributed by atoms with Crippen molar-refractivity contribution >= 4 is 35.1 Å². The molecule has 1 aliphatic rings. The molecular formula is C3HClF4S2. The first kappa shape index (κ1) is 8.80. The van der Waals surface area contributed by atoms with Gasteiger partial charge in [-0.05, 0) is 23.5 Å². The van der Waals surface area contributed by atoms with E-state index in [-0.39, 0.29) is 23.5 Å². The van der Waals surface area contributed by atoms with Crippen LogP contribution in [0.15, 0.2) is 0 Å². The third kappa shape index (κ3) is 1.48. The number of thioether (sulfide) groups is 2. The SMILES string of the molecule is FC(F)C1(F)SC(F)(Cl)S1. The van der Waals surface area contributed by atoms with Crippen LogP contribution < -0.4 is 0 Å². The fourth-order valence-electron chi connectivity index (χ4n) is 0.421. The Morgan fingerprint density at radius 1 is 1.20 bits per heavy atom. The highest BCUT2D eigenvalue weighted by molar-refractivity contribution is 8.36. The van der Waals surface area contributed by atoms with Crippen molar-refractivity contribution in [1.82, 2.24) is 0 Å². The first-order chi connectivity index (χ1) is 4.36. The second kappa shape index (κ2) is 2.35.